The number of ether oxygens (including phenoxy) is 1. The minimum absolute atomic E-state index is 0.0203. The largest absolute Gasteiger partial charge is 0.396 e. The zero-order valence-electron chi connectivity index (χ0n) is 8.76. The highest BCUT2D eigenvalue weighted by atomic mass is 16.5. The maximum Gasteiger partial charge on any atom is 0.0906 e. The summed E-state index contributed by atoms with van der Waals surface area (Å²) in [6.45, 7) is 2.07. The molecule has 1 aromatic rings. The second-order valence-corrected chi connectivity index (χ2v) is 4.04. The van der Waals surface area contributed by atoms with Crippen LogP contribution >= 0.6 is 0 Å². The normalized spacial score (nSPS) is 29.9. The Morgan fingerprint density at radius 1 is 1.27 bits per heavy atom. The van der Waals surface area contributed by atoms with E-state index in [4.69, 9.17) is 9.84 Å². The Labute approximate surface area is 89.3 Å². The molecule has 3 atom stereocenters. The van der Waals surface area contributed by atoms with Crippen LogP contribution in [0.25, 0.3) is 0 Å². The van der Waals surface area contributed by atoms with E-state index in [0.29, 0.717) is 0 Å². The lowest BCUT2D eigenvalue weighted by Gasteiger charge is -2.43. The van der Waals surface area contributed by atoms with Crippen LogP contribution in [0.1, 0.15) is 17.2 Å². The number of benzene rings is 1. The Balaban J connectivity index is 2.13. The summed E-state index contributed by atoms with van der Waals surface area (Å²) in [5.41, 5.74) is 2.26. The highest BCUT2D eigenvalue weighted by Crippen LogP contribution is 2.40. The number of hydrogen-bond donors (Lipinski definition) is 2. The molecule has 3 nitrogen and oxygen atoms in total. The molecule has 1 fully saturated rings. The zero-order valence-corrected chi connectivity index (χ0v) is 8.76. The predicted molar refractivity (Wildman–Crippen MR) is 56.5 cm³/mol. The first-order chi connectivity index (χ1) is 7.26. The van der Waals surface area contributed by atoms with Gasteiger partial charge in [-0.25, -0.2) is 0 Å². The van der Waals surface area contributed by atoms with Gasteiger partial charge < -0.3 is 14.9 Å². The number of aryl methyl sites for hydroxylation is 1. The molecule has 0 aliphatic carbocycles. The molecule has 0 radical (unpaired) electrons. The molecule has 2 N–H and O–H groups in total. The standard InChI is InChI=1S/C12H16O3/c1-8-3-2-4-9(5-8)12-10(6-13)11(7-14)15-12/h2-5,10-14H,6-7H2,1H3/t10-,11-,12+/m1/s1. The summed E-state index contributed by atoms with van der Waals surface area (Å²) in [7, 11) is 0. The lowest BCUT2D eigenvalue weighted by atomic mass is 9.85. The monoisotopic (exact) mass is 208 g/mol. The lowest BCUT2D eigenvalue weighted by molar-refractivity contribution is -0.213. The maximum absolute atomic E-state index is 9.20. The minimum Gasteiger partial charge on any atom is -0.396 e. The molecule has 3 heteroatoms. The van der Waals surface area contributed by atoms with E-state index in [-0.39, 0.29) is 31.3 Å². The van der Waals surface area contributed by atoms with E-state index in [9.17, 15) is 5.11 Å². The molecule has 1 aromatic carbocycles. The molecule has 0 spiro atoms. The first-order valence-electron chi connectivity index (χ1n) is 5.20. The Hall–Kier alpha value is -0.900. The number of aliphatic hydroxyl groups excluding tert-OH is 2. The average Bonchev–Trinajstić information content (AvgIpc) is 2.18. The Bertz CT molecular complexity index is 337. The van der Waals surface area contributed by atoms with Crippen LogP contribution in [0.4, 0.5) is 0 Å². The highest BCUT2D eigenvalue weighted by Gasteiger charge is 2.42. The molecule has 2 rings (SSSR count). The van der Waals surface area contributed by atoms with Gasteiger partial charge in [0.2, 0.25) is 0 Å². The lowest BCUT2D eigenvalue weighted by Crippen LogP contribution is -2.47. The van der Waals surface area contributed by atoms with Gasteiger partial charge in [-0.2, -0.15) is 0 Å². The van der Waals surface area contributed by atoms with Gasteiger partial charge in [0.05, 0.1) is 25.4 Å². The van der Waals surface area contributed by atoms with Gasteiger partial charge in [0.1, 0.15) is 0 Å². The molecule has 15 heavy (non-hydrogen) atoms. The third kappa shape index (κ3) is 1.91. The Morgan fingerprint density at radius 3 is 2.67 bits per heavy atom. The first-order valence-corrected chi connectivity index (χ1v) is 5.20. The maximum atomic E-state index is 9.20. The van der Waals surface area contributed by atoms with E-state index in [1.165, 1.54) is 5.56 Å². The molecule has 0 unspecified atom stereocenters. The molecule has 1 heterocycles. The molecule has 1 saturated heterocycles. The van der Waals surface area contributed by atoms with Gasteiger partial charge in [-0.05, 0) is 12.5 Å². The Kier molecular flexibility index (Phi) is 3.05. The second-order valence-electron chi connectivity index (χ2n) is 4.04. The molecule has 1 aliphatic rings. The number of aliphatic hydroxyl groups is 2. The van der Waals surface area contributed by atoms with Crippen molar-refractivity contribution in [1.82, 2.24) is 0 Å². The van der Waals surface area contributed by atoms with E-state index in [2.05, 4.69) is 6.07 Å². The van der Waals surface area contributed by atoms with Crippen molar-refractivity contribution in [3.05, 3.63) is 35.4 Å². The fourth-order valence-corrected chi connectivity index (χ4v) is 2.06. The van der Waals surface area contributed by atoms with Crippen LogP contribution in [0.2, 0.25) is 0 Å². The molecular weight excluding hydrogens is 192 g/mol. The smallest absolute Gasteiger partial charge is 0.0906 e. The second kappa shape index (κ2) is 4.31. The fourth-order valence-electron chi connectivity index (χ4n) is 2.06. The van der Waals surface area contributed by atoms with Gasteiger partial charge in [-0.3, -0.25) is 0 Å². The van der Waals surface area contributed by atoms with Gasteiger partial charge in [0, 0.05) is 5.92 Å². The quantitative estimate of drug-likeness (QED) is 0.780. The third-order valence-electron chi connectivity index (χ3n) is 2.95. The van der Waals surface area contributed by atoms with E-state index in [0.717, 1.165) is 5.56 Å². The Morgan fingerprint density at radius 2 is 2.07 bits per heavy atom. The topological polar surface area (TPSA) is 49.7 Å². The van der Waals surface area contributed by atoms with Crippen LogP contribution in [-0.2, 0) is 4.74 Å². The molecule has 82 valence electrons. The van der Waals surface area contributed by atoms with E-state index in [1.807, 2.05) is 25.1 Å². The van der Waals surface area contributed by atoms with Gasteiger partial charge >= 0.3 is 0 Å². The van der Waals surface area contributed by atoms with Crippen LogP contribution in [0, 0.1) is 12.8 Å². The van der Waals surface area contributed by atoms with Crippen LogP contribution in [0.3, 0.4) is 0 Å². The van der Waals surface area contributed by atoms with Gasteiger partial charge in [-0.1, -0.05) is 29.8 Å². The first kappa shape index (κ1) is 10.6. The fraction of sp³-hybridized carbons (Fsp3) is 0.500. The summed E-state index contributed by atoms with van der Waals surface area (Å²) < 4.78 is 5.52. The van der Waals surface area contributed by atoms with Crippen LogP contribution in [-0.4, -0.2) is 29.5 Å². The number of rotatable bonds is 3. The molecule has 1 aliphatic heterocycles. The van der Waals surface area contributed by atoms with Crippen molar-refractivity contribution in [3.8, 4) is 0 Å². The van der Waals surface area contributed by atoms with Crippen LogP contribution < -0.4 is 0 Å². The van der Waals surface area contributed by atoms with Gasteiger partial charge in [-0.15, -0.1) is 0 Å². The van der Waals surface area contributed by atoms with Crippen molar-refractivity contribution in [1.29, 1.82) is 0 Å². The summed E-state index contributed by atoms with van der Waals surface area (Å²) in [5, 5.41) is 18.2. The third-order valence-corrected chi connectivity index (χ3v) is 2.95. The van der Waals surface area contributed by atoms with Crippen LogP contribution in [0.15, 0.2) is 24.3 Å². The molecule has 0 bridgehead atoms. The molecule has 0 saturated carbocycles. The van der Waals surface area contributed by atoms with Crippen molar-refractivity contribution in [2.45, 2.75) is 19.1 Å². The van der Waals surface area contributed by atoms with E-state index >= 15 is 0 Å². The molecular formula is C12H16O3. The van der Waals surface area contributed by atoms with Crippen molar-refractivity contribution < 1.29 is 14.9 Å². The van der Waals surface area contributed by atoms with Crippen LogP contribution in [0.5, 0.6) is 0 Å². The van der Waals surface area contributed by atoms with E-state index in [1.54, 1.807) is 0 Å². The predicted octanol–water partition coefficient (Wildman–Crippen LogP) is 1.04. The van der Waals surface area contributed by atoms with Crippen molar-refractivity contribution >= 4 is 0 Å². The van der Waals surface area contributed by atoms with Gasteiger partial charge in [0.15, 0.2) is 0 Å². The number of hydrogen-bond acceptors (Lipinski definition) is 3. The minimum atomic E-state index is -0.208. The van der Waals surface area contributed by atoms with Crippen molar-refractivity contribution in [2.75, 3.05) is 13.2 Å². The van der Waals surface area contributed by atoms with Gasteiger partial charge in [0.25, 0.3) is 0 Å². The highest BCUT2D eigenvalue weighted by molar-refractivity contribution is 5.26. The summed E-state index contributed by atoms with van der Waals surface area (Å²) in [5.74, 6) is 0.0248. The van der Waals surface area contributed by atoms with Crippen molar-refractivity contribution in [3.63, 3.8) is 0 Å². The zero-order chi connectivity index (χ0) is 10.8. The molecule has 0 aromatic heterocycles. The van der Waals surface area contributed by atoms with Crippen molar-refractivity contribution in [2.24, 2.45) is 5.92 Å². The summed E-state index contributed by atoms with van der Waals surface area (Å²) in [6, 6.07) is 8.06. The van der Waals surface area contributed by atoms with E-state index < -0.39 is 0 Å². The molecule has 0 amide bonds. The summed E-state index contributed by atoms with van der Waals surface area (Å²) in [6.07, 6.45) is -0.271. The average molecular weight is 208 g/mol. The summed E-state index contributed by atoms with van der Waals surface area (Å²) >= 11 is 0. The summed E-state index contributed by atoms with van der Waals surface area (Å²) in [4.78, 5) is 0. The SMILES string of the molecule is Cc1cccc([C@@H]2O[C@H](CO)[C@H]2CO)c1.